The van der Waals surface area contributed by atoms with Gasteiger partial charge in [0.1, 0.15) is 11.5 Å². The largest absolute Gasteiger partial charge is 0.493 e. The average Bonchev–Trinajstić information content (AvgIpc) is 2.95. The van der Waals surface area contributed by atoms with E-state index in [0.717, 1.165) is 5.75 Å². The Bertz CT molecular complexity index is 710. The molecule has 0 aliphatic heterocycles. The van der Waals surface area contributed by atoms with Gasteiger partial charge in [-0.25, -0.2) is 4.79 Å². The summed E-state index contributed by atoms with van der Waals surface area (Å²) in [5.74, 6) is 0.404. The van der Waals surface area contributed by atoms with Crippen molar-refractivity contribution >= 4 is 16.8 Å². The van der Waals surface area contributed by atoms with E-state index in [2.05, 4.69) is 20.8 Å². The number of hydrogen-bond acceptors (Lipinski definition) is 4. The van der Waals surface area contributed by atoms with Crippen LogP contribution in [0, 0.1) is 0 Å². The second-order valence-corrected chi connectivity index (χ2v) is 8.06. The molecule has 0 saturated heterocycles. The number of benzene rings is 1. The van der Waals surface area contributed by atoms with Gasteiger partial charge in [-0.2, -0.15) is 0 Å². The number of furan rings is 1. The van der Waals surface area contributed by atoms with Crippen LogP contribution >= 0.6 is 0 Å². The molecule has 0 saturated carbocycles. The van der Waals surface area contributed by atoms with Crippen molar-refractivity contribution in [3.05, 3.63) is 53.5 Å². The Morgan fingerprint density at radius 1 is 1.17 bits per heavy atom. The quantitative estimate of drug-likeness (QED) is 0.825. The van der Waals surface area contributed by atoms with Crippen LogP contribution in [0.25, 0.3) is 0 Å². The Morgan fingerprint density at radius 3 is 2.38 bits per heavy atom. The van der Waals surface area contributed by atoms with E-state index in [1.54, 1.807) is 0 Å². The van der Waals surface area contributed by atoms with Crippen LogP contribution in [0.4, 0.5) is 0 Å². The Labute approximate surface area is 144 Å². The van der Waals surface area contributed by atoms with Gasteiger partial charge in [-0.05, 0) is 35.2 Å². The van der Waals surface area contributed by atoms with Crippen LogP contribution in [0.2, 0.25) is 0 Å². The highest BCUT2D eigenvalue weighted by atomic mass is 32.2. The fraction of sp³-hybridized carbons (Fsp3) is 0.389. The predicted octanol–water partition coefficient (Wildman–Crippen LogP) is 3.60. The number of aromatic carboxylic acids is 1. The molecule has 0 aliphatic rings. The van der Waals surface area contributed by atoms with Gasteiger partial charge in [0, 0.05) is 10.8 Å². The lowest BCUT2D eigenvalue weighted by molar-refractivity contribution is 0.0660. The first kappa shape index (κ1) is 18.3. The number of carboxylic acid groups (broad SMARTS) is 1. The SMILES string of the molecule is CC(C)(C)c1ccc(OCCS(=O)Cc2ccc(C(=O)O)o2)cc1. The summed E-state index contributed by atoms with van der Waals surface area (Å²) in [5.41, 5.74) is 1.32. The maximum Gasteiger partial charge on any atom is 0.371 e. The van der Waals surface area contributed by atoms with Gasteiger partial charge in [0.15, 0.2) is 0 Å². The minimum Gasteiger partial charge on any atom is -0.493 e. The lowest BCUT2D eigenvalue weighted by atomic mass is 9.87. The molecule has 0 aliphatic carbocycles. The molecule has 24 heavy (non-hydrogen) atoms. The maximum absolute atomic E-state index is 12.0. The molecule has 5 nitrogen and oxygen atoms in total. The third kappa shape index (κ3) is 5.23. The van der Waals surface area contributed by atoms with Gasteiger partial charge in [0.2, 0.25) is 5.76 Å². The molecular weight excluding hydrogens is 328 g/mol. The van der Waals surface area contributed by atoms with Crippen molar-refractivity contribution in [1.29, 1.82) is 0 Å². The Kier molecular flexibility index (Phi) is 5.83. The van der Waals surface area contributed by atoms with Crippen molar-refractivity contribution in [3.8, 4) is 5.75 Å². The first-order valence-electron chi connectivity index (χ1n) is 7.66. The zero-order valence-corrected chi connectivity index (χ0v) is 14.9. The van der Waals surface area contributed by atoms with Crippen molar-refractivity contribution in [2.75, 3.05) is 12.4 Å². The Morgan fingerprint density at radius 2 is 1.83 bits per heavy atom. The second kappa shape index (κ2) is 7.66. The zero-order chi connectivity index (χ0) is 17.7. The molecule has 1 N–H and O–H groups in total. The van der Waals surface area contributed by atoms with Crippen molar-refractivity contribution < 1.29 is 23.3 Å². The summed E-state index contributed by atoms with van der Waals surface area (Å²) in [6.45, 7) is 6.78. The van der Waals surface area contributed by atoms with Crippen molar-refractivity contribution in [2.24, 2.45) is 0 Å². The van der Waals surface area contributed by atoms with E-state index in [-0.39, 0.29) is 16.9 Å². The van der Waals surface area contributed by atoms with Crippen LogP contribution in [0.15, 0.2) is 40.8 Å². The van der Waals surface area contributed by atoms with E-state index >= 15 is 0 Å². The Hall–Kier alpha value is -2.08. The van der Waals surface area contributed by atoms with E-state index in [1.807, 2.05) is 24.3 Å². The fourth-order valence-electron chi connectivity index (χ4n) is 2.10. The van der Waals surface area contributed by atoms with Crippen LogP contribution in [0.5, 0.6) is 5.75 Å². The number of ether oxygens (including phenoxy) is 1. The predicted molar refractivity (Wildman–Crippen MR) is 93.0 cm³/mol. The molecule has 1 heterocycles. The van der Waals surface area contributed by atoms with Gasteiger partial charge in [-0.1, -0.05) is 32.9 Å². The maximum atomic E-state index is 12.0. The standard InChI is InChI=1S/C18H22O5S/c1-18(2,3)13-4-6-14(7-5-13)22-10-11-24(21)12-15-8-9-16(23-15)17(19)20/h4-9H,10-12H2,1-3H3,(H,19,20). The van der Waals surface area contributed by atoms with Crippen molar-refractivity contribution in [2.45, 2.75) is 31.9 Å². The van der Waals surface area contributed by atoms with Gasteiger partial charge < -0.3 is 14.3 Å². The zero-order valence-electron chi connectivity index (χ0n) is 14.1. The Balaban J connectivity index is 1.78. The number of hydrogen-bond donors (Lipinski definition) is 1. The molecule has 1 aromatic carbocycles. The molecule has 6 heteroatoms. The summed E-state index contributed by atoms with van der Waals surface area (Å²) in [6.07, 6.45) is 0. The highest BCUT2D eigenvalue weighted by Crippen LogP contribution is 2.24. The van der Waals surface area contributed by atoms with E-state index in [9.17, 15) is 9.00 Å². The minimum atomic E-state index is -1.17. The molecular formula is C18H22O5S. The van der Waals surface area contributed by atoms with E-state index in [0.29, 0.717) is 18.1 Å². The van der Waals surface area contributed by atoms with Crippen LogP contribution in [0.3, 0.4) is 0 Å². The van der Waals surface area contributed by atoms with Crippen LogP contribution in [0.1, 0.15) is 42.6 Å². The first-order valence-corrected chi connectivity index (χ1v) is 9.15. The van der Waals surface area contributed by atoms with Crippen LogP contribution in [-0.2, 0) is 22.0 Å². The smallest absolute Gasteiger partial charge is 0.371 e. The van der Waals surface area contributed by atoms with E-state index in [4.69, 9.17) is 14.3 Å². The third-order valence-corrected chi connectivity index (χ3v) is 4.70. The van der Waals surface area contributed by atoms with Crippen LogP contribution in [-0.4, -0.2) is 27.6 Å². The fourth-order valence-corrected chi connectivity index (χ4v) is 2.99. The van der Waals surface area contributed by atoms with Gasteiger partial charge in [0.25, 0.3) is 0 Å². The normalized spacial score (nSPS) is 12.8. The minimum absolute atomic E-state index is 0.0951. The van der Waals surface area contributed by atoms with Crippen molar-refractivity contribution in [3.63, 3.8) is 0 Å². The topological polar surface area (TPSA) is 76.7 Å². The lowest BCUT2D eigenvalue weighted by Gasteiger charge is -2.19. The summed E-state index contributed by atoms with van der Waals surface area (Å²) < 4.78 is 22.7. The van der Waals surface area contributed by atoms with Gasteiger partial charge in [-0.3, -0.25) is 4.21 Å². The highest BCUT2D eigenvalue weighted by Gasteiger charge is 2.13. The molecule has 1 unspecified atom stereocenters. The average molecular weight is 350 g/mol. The van der Waals surface area contributed by atoms with Gasteiger partial charge in [0.05, 0.1) is 18.1 Å². The van der Waals surface area contributed by atoms with Crippen molar-refractivity contribution in [1.82, 2.24) is 0 Å². The number of carbonyl (C=O) groups is 1. The first-order chi connectivity index (χ1) is 11.3. The van der Waals surface area contributed by atoms with Gasteiger partial charge >= 0.3 is 5.97 Å². The monoisotopic (exact) mass is 350 g/mol. The molecule has 0 radical (unpaired) electrons. The summed E-state index contributed by atoms with van der Waals surface area (Å²) in [6, 6.07) is 10.8. The summed E-state index contributed by atoms with van der Waals surface area (Å²) in [4.78, 5) is 10.7. The molecule has 2 rings (SSSR count). The second-order valence-electron chi connectivity index (χ2n) is 6.48. The lowest BCUT2D eigenvalue weighted by Crippen LogP contribution is -2.12. The summed E-state index contributed by atoms with van der Waals surface area (Å²) >= 11 is 0. The molecule has 2 aromatic rings. The molecule has 0 amide bonds. The van der Waals surface area contributed by atoms with Crippen LogP contribution < -0.4 is 4.74 Å². The summed E-state index contributed by atoms with van der Waals surface area (Å²) in [5, 5.41) is 8.78. The third-order valence-electron chi connectivity index (χ3n) is 3.48. The van der Waals surface area contributed by atoms with Gasteiger partial charge in [-0.15, -0.1) is 0 Å². The highest BCUT2D eigenvalue weighted by molar-refractivity contribution is 7.84. The van der Waals surface area contributed by atoms with E-state index < -0.39 is 16.8 Å². The summed E-state index contributed by atoms with van der Waals surface area (Å²) in [7, 11) is -1.17. The molecule has 1 atom stereocenters. The molecule has 130 valence electrons. The van der Waals surface area contributed by atoms with E-state index in [1.165, 1.54) is 17.7 Å². The molecule has 0 fully saturated rings. The number of carboxylic acids is 1. The molecule has 1 aromatic heterocycles. The molecule has 0 spiro atoms. The molecule has 0 bridgehead atoms. The number of rotatable bonds is 7.